The van der Waals surface area contributed by atoms with Gasteiger partial charge in [0.25, 0.3) is 0 Å². The molecule has 4 N–H and O–H groups in total. The van der Waals surface area contributed by atoms with Crippen LogP contribution in [-0.2, 0) is 5.41 Å². The molecule has 8 aromatic carbocycles. The van der Waals surface area contributed by atoms with Crippen LogP contribution in [0.4, 0.5) is 11.4 Å². The van der Waals surface area contributed by atoms with E-state index in [1.807, 2.05) is 0 Å². The summed E-state index contributed by atoms with van der Waals surface area (Å²) in [6.45, 7) is 0.748. The molecule has 62 heavy (non-hydrogen) atoms. The van der Waals surface area contributed by atoms with E-state index in [1.165, 1.54) is 83.7 Å². The molecule has 1 spiro atoms. The lowest BCUT2D eigenvalue weighted by Crippen LogP contribution is -2.54. The minimum absolute atomic E-state index is 0.0199. The highest BCUT2D eigenvalue weighted by molar-refractivity contribution is 5.93. The summed E-state index contributed by atoms with van der Waals surface area (Å²) in [7, 11) is 0. The first-order valence-electron chi connectivity index (χ1n) is 21.7. The van der Waals surface area contributed by atoms with Crippen LogP contribution in [0.1, 0.15) is 51.9 Å². The molecule has 1 aliphatic carbocycles. The highest BCUT2D eigenvalue weighted by atomic mass is 15.4. The predicted molar refractivity (Wildman–Crippen MR) is 252 cm³/mol. The smallest absolute Gasteiger partial charge is 0.0864 e. The molecule has 0 aromatic heterocycles. The van der Waals surface area contributed by atoms with Crippen molar-refractivity contribution in [3.63, 3.8) is 0 Å². The molecule has 5 nitrogen and oxygen atoms in total. The molecule has 12 rings (SSSR count). The molecule has 0 amide bonds. The summed E-state index contributed by atoms with van der Waals surface area (Å²) in [6, 6.07) is 75.4. The fraction of sp³-hybridized carbons (Fsp3) is 0.0877. The highest BCUT2D eigenvalue weighted by Crippen LogP contribution is 2.62. The zero-order valence-corrected chi connectivity index (χ0v) is 34.2. The van der Waals surface area contributed by atoms with Gasteiger partial charge in [0.05, 0.1) is 35.3 Å². The van der Waals surface area contributed by atoms with Crippen molar-refractivity contribution in [2.45, 2.75) is 23.9 Å². The molecule has 0 saturated carbocycles. The summed E-state index contributed by atoms with van der Waals surface area (Å²) in [6.07, 6.45) is 4.27. The van der Waals surface area contributed by atoms with Crippen molar-refractivity contribution in [1.82, 2.24) is 21.3 Å². The second-order valence-electron chi connectivity index (χ2n) is 16.6. The molecule has 0 bridgehead atoms. The van der Waals surface area contributed by atoms with Gasteiger partial charge in [-0.2, -0.15) is 0 Å². The number of benzene rings is 8. The molecule has 298 valence electrons. The van der Waals surface area contributed by atoms with Crippen molar-refractivity contribution in [1.29, 1.82) is 0 Å². The van der Waals surface area contributed by atoms with Crippen LogP contribution < -0.4 is 26.2 Å². The molecule has 1 fully saturated rings. The summed E-state index contributed by atoms with van der Waals surface area (Å²) in [5.41, 5.74) is 19.5. The number of fused-ring (bicyclic) bond motifs is 8. The van der Waals surface area contributed by atoms with Gasteiger partial charge in [-0.1, -0.05) is 176 Å². The van der Waals surface area contributed by atoms with Gasteiger partial charge >= 0.3 is 0 Å². The summed E-state index contributed by atoms with van der Waals surface area (Å²) >= 11 is 0. The van der Waals surface area contributed by atoms with Gasteiger partial charge in [0.15, 0.2) is 0 Å². The maximum atomic E-state index is 3.85. The number of nitrogens with zero attached hydrogens (tertiary/aromatic N) is 1. The SMILES string of the molecule is C1=CC2=C(CN1)C1(c3ccccc3-c3ccc(-c4ccc(-c5cccc(C6NC(c7ccccc7)NC(c7ccccc7)N6)c5)cc4)cc31)c1ccccc1N2c1ccccc1. The van der Waals surface area contributed by atoms with E-state index < -0.39 is 5.41 Å². The summed E-state index contributed by atoms with van der Waals surface area (Å²) in [5.74, 6) is 0. The van der Waals surface area contributed by atoms with Gasteiger partial charge in [0.1, 0.15) is 0 Å². The van der Waals surface area contributed by atoms with Gasteiger partial charge in [0, 0.05) is 12.2 Å². The van der Waals surface area contributed by atoms with Crippen LogP contribution in [0.3, 0.4) is 0 Å². The van der Waals surface area contributed by atoms with Gasteiger partial charge in [-0.15, -0.1) is 0 Å². The van der Waals surface area contributed by atoms with Crippen LogP contribution in [-0.4, -0.2) is 6.54 Å². The van der Waals surface area contributed by atoms with Crippen LogP contribution in [0.2, 0.25) is 0 Å². The molecular formula is C57H45N5. The Morgan fingerprint density at radius 1 is 0.419 bits per heavy atom. The zero-order chi connectivity index (χ0) is 41.0. The van der Waals surface area contributed by atoms with Crippen molar-refractivity contribution >= 4 is 11.4 Å². The zero-order valence-electron chi connectivity index (χ0n) is 34.2. The van der Waals surface area contributed by atoms with E-state index in [0.29, 0.717) is 0 Å². The molecule has 3 atom stereocenters. The largest absolute Gasteiger partial charge is 0.387 e. The Kier molecular flexibility index (Phi) is 8.85. The number of para-hydroxylation sites is 2. The maximum Gasteiger partial charge on any atom is 0.0864 e. The van der Waals surface area contributed by atoms with Crippen LogP contribution in [0.25, 0.3) is 33.4 Å². The number of dihydropyridines is 1. The average Bonchev–Trinajstić information content (AvgIpc) is 3.65. The van der Waals surface area contributed by atoms with E-state index in [9.17, 15) is 0 Å². The van der Waals surface area contributed by atoms with Crippen molar-refractivity contribution in [3.05, 3.63) is 263 Å². The number of allylic oxidation sites excluding steroid dienone is 1. The normalized spacial score (nSPS) is 20.8. The monoisotopic (exact) mass is 799 g/mol. The number of hydrogen-bond acceptors (Lipinski definition) is 5. The van der Waals surface area contributed by atoms with Gasteiger partial charge < -0.3 is 10.2 Å². The van der Waals surface area contributed by atoms with E-state index >= 15 is 0 Å². The first-order valence-corrected chi connectivity index (χ1v) is 21.7. The van der Waals surface area contributed by atoms with Gasteiger partial charge in [0.2, 0.25) is 0 Å². The average molecular weight is 800 g/mol. The maximum absolute atomic E-state index is 3.85. The third-order valence-electron chi connectivity index (χ3n) is 13.3. The molecule has 3 aliphatic heterocycles. The first-order chi connectivity index (χ1) is 30.7. The van der Waals surface area contributed by atoms with Crippen molar-refractivity contribution in [2.24, 2.45) is 0 Å². The Morgan fingerprint density at radius 2 is 0.952 bits per heavy atom. The van der Waals surface area contributed by atoms with Crippen LogP contribution in [0, 0.1) is 0 Å². The fourth-order valence-corrected chi connectivity index (χ4v) is 10.5. The minimum atomic E-state index is -0.465. The van der Waals surface area contributed by atoms with Gasteiger partial charge in [-0.25, -0.2) is 0 Å². The van der Waals surface area contributed by atoms with Crippen molar-refractivity contribution in [3.8, 4) is 33.4 Å². The Morgan fingerprint density at radius 3 is 1.65 bits per heavy atom. The van der Waals surface area contributed by atoms with Gasteiger partial charge in [-0.3, -0.25) is 16.0 Å². The molecular weight excluding hydrogens is 755 g/mol. The Balaban J connectivity index is 0.917. The Labute approximate surface area is 363 Å². The van der Waals surface area contributed by atoms with E-state index in [-0.39, 0.29) is 18.5 Å². The number of anilines is 2. The fourth-order valence-electron chi connectivity index (χ4n) is 10.5. The molecule has 3 heterocycles. The van der Waals surface area contributed by atoms with Gasteiger partial charge in [-0.05, 0) is 115 Å². The molecule has 5 heteroatoms. The second-order valence-corrected chi connectivity index (χ2v) is 16.6. The van der Waals surface area contributed by atoms with Crippen molar-refractivity contribution in [2.75, 3.05) is 11.4 Å². The molecule has 4 aliphatic rings. The van der Waals surface area contributed by atoms with E-state index in [4.69, 9.17) is 0 Å². The summed E-state index contributed by atoms with van der Waals surface area (Å²) in [5, 5.41) is 15.1. The lowest BCUT2D eigenvalue weighted by molar-refractivity contribution is 0.203. The number of rotatable bonds is 6. The van der Waals surface area contributed by atoms with E-state index in [1.54, 1.807) is 0 Å². The standard InChI is InChI=1S/C57H45N5/c1-4-15-40(16-5-1)54-59-55(41-17-6-2-7-18-41)61-56(60-54)44-20-14-19-42(35-44)38-27-29-39(30-28-38)43-31-32-47-46-23-10-11-24-48(46)57(50(47)36-43)49-25-12-13-26-52(49)62(45-21-8-3-9-22-45)53-33-34-58-37-51(53)57/h1-36,54-56,58-61H,37H2. The molecule has 8 aromatic rings. The van der Waals surface area contributed by atoms with Crippen LogP contribution in [0.5, 0.6) is 0 Å². The predicted octanol–water partition coefficient (Wildman–Crippen LogP) is 12.0. The van der Waals surface area contributed by atoms with Crippen LogP contribution in [0.15, 0.2) is 230 Å². The number of nitrogens with one attached hydrogen (secondary N) is 4. The molecule has 3 unspecified atom stereocenters. The highest BCUT2D eigenvalue weighted by Gasteiger charge is 2.52. The topological polar surface area (TPSA) is 51.4 Å². The molecule has 1 saturated heterocycles. The van der Waals surface area contributed by atoms with Crippen molar-refractivity contribution < 1.29 is 0 Å². The Bertz CT molecular complexity index is 2970. The molecule has 0 radical (unpaired) electrons. The van der Waals surface area contributed by atoms with Crippen LogP contribution >= 0.6 is 0 Å². The summed E-state index contributed by atoms with van der Waals surface area (Å²) in [4.78, 5) is 2.45. The number of hydrogen-bond donors (Lipinski definition) is 4. The summed E-state index contributed by atoms with van der Waals surface area (Å²) < 4.78 is 0. The quantitative estimate of drug-likeness (QED) is 0.135. The minimum Gasteiger partial charge on any atom is -0.387 e. The third kappa shape index (κ3) is 5.89. The first kappa shape index (κ1) is 36.6. The Hall–Kier alpha value is -7.28. The third-order valence-corrected chi connectivity index (χ3v) is 13.3. The second kappa shape index (κ2) is 15.0. The van der Waals surface area contributed by atoms with E-state index in [2.05, 4.69) is 245 Å². The lowest BCUT2D eigenvalue weighted by atomic mass is 9.63. The van der Waals surface area contributed by atoms with E-state index in [0.717, 1.165) is 12.2 Å². The lowest BCUT2D eigenvalue weighted by Gasteiger charge is -2.47.